The molecule has 0 N–H and O–H groups in total. The van der Waals surface area contributed by atoms with Crippen molar-refractivity contribution in [3.8, 4) is 0 Å². The standard InChI is InChI=1S/C23H25ClF3N3O2S/c24-20-6-5-19(33-20)15-28-11-13-30(14-12-28)22(32)17-7-9-29(10-8-17)21(31)16-1-3-18(4-2-16)23(25,26)27/h1-6,17H,7-15H2. The number of alkyl halides is 3. The molecule has 178 valence electrons. The maximum Gasteiger partial charge on any atom is 0.416 e. The van der Waals surface area contributed by atoms with E-state index in [1.165, 1.54) is 17.0 Å². The molecule has 5 nitrogen and oxygen atoms in total. The van der Waals surface area contributed by atoms with E-state index in [2.05, 4.69) is 4.90 Å². The van der Waals surface area contributed by atoms with Crippen molar-refractivity contribution in [2.24, 2.45) is 5.92 Å². The molecule has 2 aliphatic heterocycles. The Kier molecular flexibility index (Phi) is 7.31. The van der Waals surface area contributed by atoms with E-state index in [0.717, 1.165) is 36.1 Å². The monoisotopic (exact) mass is 499 g/mol. The van der Waals surface area contributed by atoms with Crippen LogP contribution >= 0.6 is 22.9 Å². The van der Waals surface area contributed by atoms with Gasteiger partial charge in [0.05, 0.1) is 9.90 Å². The number of rotatable bonds is 4. The zero-order valence-electron chi connectivity index (χ0n) is 18.0. The van der Waals surface area contributed by atoms with Crippen molar-refractivity contribution < 1.29 is 22.8 Å². The SMILES string of the molecule is O=C(c1ccc(C(F)(F)F)cc1)N1CCC(C(=O)N2CCN(Cc3ccc(Cl)s3)CC2)CC1. The summed E-state index contributed by atoms with van der Waals surface area (Å²) in [4.78, 5) is 32.7. The second-order valence-corrected chi connectivity index (χ2v) is 10.2. The average molecular weight is 500 g/mol. The maximum absolute atomic E-state index is 13.0. The lowest BCUT2D eigenvalue weighted by atomic mass is 9.94. The third kappa shape index (κ3) is 5.88. The van der Waals surface area contributed by atoms with Gasteiger partial charge in [0.25, 0.3) is 5.91 Å². The highest BCUT2D eigenvalue weighted by Crippen LogP contribution is 2.30. The van der Waals surface area contributed by atoms with Crippen LogP contribution < -0.4 is 0 Å². The number of nitrogens with zero attached hydrogens (tertiary/aromatic N) is 3. The Hall–Kier alpha value is -2.10. The van der Waals surface area contributed by atoms with Gasteiger partial charge in [0.15, 0.2) is 0 Å². The quantitative estimate of drug-likeness (QED) is 0.616. The second-order valence-electron chi connectivity index (χ2n) is 8.45. The third-order valence-corrected chi connectivity index (χ3v) is 7.50. The topological polar surface area (TPSA) is 43.9 Å². The molecule has 0 saturated carbocycles. The number of thiophene rings is 1. The lowest BCUT2D eigenvalue weighted by Gasteiger charge is -2.38. The summed E-state index contributed by atoms with van der Waals surface area (Å²) < 4.78 is 39.0. The van der Waals surface area contributed by atoms with Gasteiger partial charge in [-0.1, -0.05) is 11.6 Å². The second kappa shape index (κ2) is 10.0. The molecule has 0 spiro atoms. The van der Waals surface area contributed by atoms with Gasteiger partial charge < -0.3 is 9.80 Å². The predicted octanol–water partition coefficient (Wildman–Crippen LogP) is 4.62. The van der Waals surface area contributed by atoms with Crippen LogP contribution in [0.5, 0.6) is 0 Å². The Labute approximate surface area is 199 Å². The summed E-state index contributed by atoms with van der Waals surface area (Å²) in [6.45, 7) is 4.68. The van der Waals surface area contributed by atoms with Crippen molar-refractivity contribution in [3.63, 3.8) is 0 Å². The molecule has 2 amide bonds. The zero-order chi connectivity index (χ0) is 23.6. The first kappa shape index (κ1) is 24.0. The van der Waals surface area contributed by atoms with Crippen LogP contribution in [0, 0.1) is 5.92 Å². The van der Waals surface area contributed by atoms with Crippen molar-refractivity contribution in [1.82, 2.24) is 14.7 Å². The molecular formula is C23H25ClF3N3O2S. The number of halogens is 4. The van der Waals surface area contributed by atoms with Gasteiger partial charge in [-0.05, 0) is 49.2 Å². The van der Waals surface area contributed by atoms with Gasteiger partial charge in [0.2, 0.25) is 5.91 Å². The van der Waals surface area contributed by atoms with Gasteiger partial charge >= 0.3 is 6.18 Å². The van der Waals surface area contributed by atoms with Crippen LogP contribution in [0.3, 0.4) is 0 Å². The van der Waals surface area contributed by atoms with Crippen LogP contribution in [-0.4, -0.2) is 65.8 Å². The summed E-state index contributed by atoms with van der Waals surface area (Å²) in [5.41, 5.74) is -0.543. The van der Waals surface area contributed by atoms with Crippen LogP contribution in [0.25, 0.3) is 0 Å². The molecule has 3 heterocycles. The van der Waals surface area contributed by atoms with Crippen molar-refractivity contribution in [2.45, 2.75) is 25.6 Å². The fraction of sp³-hybridized carbons (Fsp3) is 0.478. The fourth-order valence-corrected chi connectivity index (χ4v) is 5.49. The highest BCUT2D eigenvalue weighted by molar-refractivity contribution is 7.16. The molecule has 10 heteroatoms. The zero-order valence-corrected chi connectivity index (χ0v) is 19.6. The Morgan fingerprint density at radius 1 is 0.909 bits per heavy atom. The summed E-state index contributed by atoms with van der Waals surface area (Å²) in [5.74, 6) is -0.281. The van der Waals surface area contributed by atoms with E-state index in [0.29, 0.717) is 39.0 Å². The summed E-state index contributed by atoms with van der Waals surface area (Å²) in [6, 6.07) is 8.21. The first-order chi connectivity index (χ1) is 15.7. The molecule has 2 fully saturated rings. The molecule has 0 bridgehead atoms. The summed E-state index contributed by atoms with van der Waals surface area (Å²) in [7, 11) is 0. The molecule has 4 rings (SSSR count). The van der Waals surface area contributed by atoms with E-state index >= 15 is 0 Å². The number of piperazine rings is 1. The van der Waals surface area contributed by atoms with Crippen molar-refractivity contribution in [2.75, 3.05) is 39.3 Å². The lowest BCUT2D eigenvalue weighted by molar-refractivity contribution is -0.139. The van der Waals surface area contributed by atoms with Crippen LogP contribution in [0.4, 0.5) is 13.2 Å². The molecule has 33 heavy (non-hydrogen) atoms. The Bertz CT molecular complexity index is 980. The minimum absolute atomic E-state index is 0.121. The van der Waals surface area contributed by atoms with Crippen LogP contribution in [0.15, 0.2) is 36.4 Å². The normalized spacial score (nSPS) is 18.5. The molecule has 0 unspecified atom stereocenters. The summed E-state index contributed by atoms with van der Waals surface area (Å²) >= 11 is 7.57. The molecule has 1 aromatic heterocycles. The summed E-state index contributed by atoms with van der Waals surface area (Å²) in [6.07, 6.45) is -3.29. The number of carbonyl (C=O) groups is 2. The van der Waals surface area contributed by atoms with Crippen LogP contribution in [0.2, 0.25) is 4.34 Å². The third-order valence-electron chi connectivity index (χ3n) is 6.28. The van der Waals surface area contributed by atoms with Crippen LogP contribution in [0.1, 0.15) is 33.6 Å². The molecule has 0 radical (unpaired) electrons. The van der Waals surface area contributed by atoms with Gasteiger partial charge in [-0.15, -0.1) is 11.3 Å². The maximum atomic E-state index is 13.0. The molecule has 2 aromatic rings. The van der Waals surface area contributed by atoms with E-state index in [9.17, 15) is 22.8 Å². The summed E-state index contributed by atoms with van der Waals surface area (Å²) in [5, 5.41) is 0. The molecule has 2 saturated heterocycles. The van der Waals surface area contributed by atoms with E-state index in [4.69, 9.17) is 11.6 Å². The minimum atomic E-state index is -4.43. The molecule has 0 atom stereocenters. The number of piperidine rings is 1. The van der Waals surface area contributed by atoms with E-state index in [1.54, 1.807) is 16.2 Å². The number of amides is 2. The molecule has 2 aliphatic rings. The van der Waals surface area contributed by atoms with Gasteiger partial charge in [0, 0.05) is 62.2 Å². The largest absolute Gasteiger partial charge is 0.416 e. The highest BCUT2D eigenvalue weighted by Gasteiger charge is 2.33. The smallest absolute Gasteiger partial charge is 0.340 e. The number of carbonyl (C=O) groups excluding carboxylic acids is 2. The van der Waals surface area contributed by atoms with Gasteiger partial charge in [0.1, 0.15) is 0 Å². The Morgan fingerprint density at radius 3 is 2.09 bits per heavy atom. The van der Waals surface area contributed by atoms with E-state index < -0.39 is 11.7 Å². The highest BCUT2D eigenvalue weighted by atomic mass is 35.5. The average Bonchev–Trinajstić information content (AvgIpc) is 3.22. The molecule has 0 aliphatic carbocycles. The number of likely N-dealkylation sites (tertiary alicyclic amines) is 1. The Morgan fingerprint density at radius 2 is 1.55 bits per heavy atom. The predicted molar refractivity (Wildman–Crippen MR) is 121 cm³/mol. The first-order valence-corrected chi connectivity index (χ1v) is 12.1. The lowest BCUT2D eigenvalue weighted by Crippen LogP contribution is -2.51. The van der Waals surface area contributed by atoms with E-state index in [1.807, 2.05) is 17.0 Å². The molecular weight excluding hydrogens is 475 g/mol. The van der Waals surface area contributed by atoms with Crippen molar-refractivity contribution in [1.29, 1.82) is 0 Å². The van der Waals surface area contributed by atoms with E-state index in [-0.39, 0.29) is 23.3 Å². The number of benzene rings is 1. The van der Waals surface area contributed by atoms with Gasteiger partial charge in [-0.25, -0.2) is 0 Å². The molecule has 1 aromatic carbocycles. The van der Waals surface area contributed by atoms with Crippen LogP contribution in [-0.2, 0) is 17.5 Å². The Balaban J connectivity index is 1.24. The fourth-order valence-electron chi connectivity index (χ4n) is 4.36. The number of hydrogen-bond donors (Lipinski definition) is 0. The first-order valence-electron chi connectivity index (χ1n) is 10.9. The number of hydrogen-bond acceptors (Lipinski definition) is 4. The van der Waals surface area contributed by atoms with Crippen molar-refractivity contribution in [3.05, 3.63) is 56.7 Å². The van der Waals surface area contributed by atoms with Gasteiger partial charge in [-0.3, -0.25) is 14.5 Å². The minimum Gasteiger partial charge on any atom is -0.340 e. The van der Waals surface area contributed by atoms with Gasteiger partial charge in [-0.2, -0.15) is 13.2 Å². The van der Waals surface area contributed by atoms with Crippen molar-refractivity contribution >= 4 is 34.8 Å².